The van der Waals surface area contributed by atoms with Crippen LogP contribution in [0, 0.1) is 0 Å². The summed E-state index contributed by atoms with van der Waals surface area (Å²) in [6.45, 7) is 4.72. The van der Waals surface area contributed by atoms with Gasteiger partial charge < -0.3 is 4.57 Å². The van der Waals surface area contributed by atoms with Crippen molar-refractivity contribution in [2.75, 3.05) is 0 Å². The summed E-state index contributed by atoms with van der Waals surface area (Å²) in [4.78, 5) is 9.83. The molecule has 1 aliphatic carbocycles. The van der Waals surface area contributed by atoms with Gasteiger partial charge in [-0.1, -0.05) is 111 Å². The van der Waals surface area contributed by atoms with Crippen molar-refractivity contribution in [1.29, 1.82) is 0 Å². The van der Waals surface area contributed by atoms with Crippen LogP contribution in [0.5, 0.6) is 0 Å². The average molecular weight is 683 g/mol. The number of nitrogens with zero attached hydrogens (tertiary/aromatic N) is 4. The minimum absolute atomic E-state index is 0.137. The van der Waals surface area contributed by atoms with E-state index in [0.717, 1.165) is 52.2 Å². The molecular weight excluding hydrogens is 645 g/mol. The van der Waals surface area contributed by atoms with Crippen LogP contribution in [0.3, 0.4) is 0 Å². The Labute approximate surface area is 309 Å². The van der Waals surface area contributed by atoms with Crippen LogP contribution in [-0.2, 0) is 5.41 Å². The number of hydrogen-bond acceptors (Lipinski definition) is 2. The fraction of sp³-hybridized carbons (Fsp3) is 0.102. The van der Waals surface area contributed by atoms with E-state index in [1.807, 2.05) is 12.3 Å². The van der Waals surface area contributed by atoms with Gasteiger partial charge in [0.2, 0.25) is 0 Å². The number of pyridine rings is 1. The number of rotatable bonds is 7. The Kier molecular flexibility index (Phi) is 7.26. The predicted octanol–water partition coefficient (Wildman–Crippen LogP) is 12.5. The second-order valence-electron chi connectivity index (χ2n) is 14.1. The highest BCUT2D eigenvalue weighted by molar-refractivity contribution is 6.01. The first-order valence-corrected chi connectivity index (χ1v) is 18.6. The first kappa shape index (κ1) is 31.2. The van der Waals surface area contributed by atoms with Crippen LogP contribution >= 0.6 is 0 Å². The summed E-state index contributed by atoms with van der Waals surface area (Å²) < 4.78 is 4.76. The summed E-state index contributed by atoms with van der Waals surface area (Å²) in [5, 5.41) is 1.30. The van der Waals surface area contributed by atoms with Crippen LogP contribution in [0.15, 0.2) is 170 Å². The molecule has 3 aromatic heterocycles. The molecule has 0 N–H and O–H groups in total. The summed E-state index contributed by atoms with van der Waals surface area (Å²) in [6, 6.07) is 58.9. The summed E-state index contributed by atoms with van der Waals surface area (Å²) >= 11 is 0. The molecule has 0 saturated carbocycles. The molecule has 0 amide bonds. The predicted molar refractivity (Wildman–Crippen MR) is 219 cm³/mol. The third kappa shape index (κ3) is 4.75. The van der Waals surface area contributed by atoms with Crippen molar-refractivity contribution in [1.82, 2.24) is 19.1 Å². The maximum atomic E-state index is 5.11. The average Bonchev–Trinajstić information content (AvgIpc) is 3.88. The lowest BCUT2D eigenvalue weighted by Gasteiger charge is -2.30. The fourth-order valence-electron chi connectivity index (χ4n) is 8.88. The molecule has 9 aromatic rings. The van der Waals surface area contributed by atoms with Crippen molar-refractivity contribution in [3.8, 4) is 56.4 Å². The Morgan fingerprint density at radius 2 is 1.17 bits per heavy atom. The van der Waals surface area contributed by atoms with Crippen molar-refractivity contribution < 1.29 is 0 Å². The molecule has 254 valence electrons. The first-order valence-electron chi connectivity index (χ1n) is 18.6. The van der Waals surface area contributed by atoms with Gasteiger partial charge in [0, 0.05) is 45.1 Å². The van der Waals surface area contributed by atoms with Crippen LogP contribution in [0.25, 0.3) is 78.3 Å². The largest absolute Gasteiger partial charge is 0.309 e. The van der Waals surface area contributed by atoms with Gasteiger partial charge in [-0.3, -0.25) is 9.55 Å². The Morgan fingerprint density at radius 1 is 0.528 bits per heavy atom. The molecule has 4 nitrogen and oxygen atoms in total. The van der Waals surface area contributed by atoms with E-state index in [4.69, 9.17) is 9.97 Å². The minimum Gasteiger partial charge on any atom is -0.309 e. The van der Waals surface area contributed by atoms with E-state index >= 15 is 0 Å². The first-order chi connectivity index (χ1) is 26.2. The Hall–Kier alpha value is -6.52. The van der Waals surface area contributed by atoms with Crippen molar-refractivity contribution in [2.24, 2.45) is 0 Å². The molecule has 53 heavy (non-hydrogen) atoms. The van der Waals surface area contributed by atoms with E-state index in [1.165, 1.54) is 50.1 Å². The molecular formula is C49H38N4. The van der Waals surface area contributed by atoms with E-state index in [1.54, 1.807) is 0 Å². The molecule has 10 rings (SSSR count). The SMILES string of the molecule is CCC1(CC)c2cc(-c3ccc(-c4nc5ccccc5n4-c4ccccc4)cc3)ccc2-c2c1c1cc(-c3ccccn3)ccc1n2-c1ccccc1. The zero-order valence-electron chi connectivity index (χ0n) is 29.9. The highest BCUT2D eigenvalue weighted by Crippen LogP contribution is 2.57. The lowest BCUT2D eigenvalue weighted by molar-refractivity contribution is 0.494. The highest BCUT2D eigenvalue weighted by Gasteiger charge is 2.45. The quantitative estimate of drug-likeness (QED) is 0.168. The smallest absolute Gasteiger partial charge is 0.145 e. The zero-order valence-corrected chi connectivity index (χ0v) is 29.9. The number of imidazole rings is 1. The Morgan fingerprint density at radius 3 is 1.89 bits per heavy atom. The third-order valence-electron chi connectivity index (χ3n) is 11.5. The molecule has 4 heteroatoms. The number of benzene rings is 6. The van der Waals surface area contributed by atoms with E-state index in [-0.39, 0.29) is 5.41 Å². The second kappa shape index (κ2) is 12.3. The molecule has 0 spiro atoms. The van der Waals surface area contributed by atoms with Crippen molar-refractivity contribution in [3.63, 3.8) is 0 Å². The van der Waals surface area contributed by atoms with Gasteiger partial charge in [0.15, 0.2) is 0 Å². The van der Waals surface area contributed by atoms with Gasteiger partial charge in [0.1, 0.15) is 5.82 Å². The number of para-hydroxylation sites is 4. The molecule has 0 saturated heterocycles. The highest BCUT2D eigenvalue weighted by atomic mass is 15.1. The maximum absolute atomic E-state index is 5.11. The molecule has 6 aromatic carbocycles. The summed E-state index contributed by atoms with van der Waals surface area (Å²) in [5.41, 5.74) is 16.6. The van der Waals surface area contributed by atoms with Gasteiger partial charge in [-0.05, 0) is 102 Å². The number of aromatic nitrogens is 4. The normalized spacial score (nSPS) is 13.0. The van der Waals surface area contributed by atoms with Gasteiger partial charge in [0.25, 0.3) is 0 Å². The van der Waals surface area contributed by atoms with Gasteiger partial charge in [-0.2, -0.15) is 0 Å². The van der Waals surface area contributed by atoms with Gasteiger partial charge >= 0.3 is 0 Å². The molecule has 0 bridgehead atoms. The molecule has 0 radical (unpaired) electrons. The zero-order chi connectivity index (χ0) is 35.5. The van der Waals surface area contributed by atoms with E-state index in [2.05, 4.69) is 181 Å². The third-order valence-corrected chi connectivity index (χ3v) is 11.5. The lowest BCUT2D eigenvalue weighted by atomic mass is 9.72. The topological polar surface area (TPSA) is 35.6 Å². The standard InChI is InChI=1S/C49H38N4/c1-3-49(4-2)41-32-35(33-22-24-34(25-23-33)48-51-43-20-11-12-21-45(43)53(48)38-17-9-6-10-18-38)26-28-39(41)47-46(49)40-31-36(42-19-13-14-30-50-42)27-29-44(40)52(47)37-15-7-5-8-16-37/h5-32H,3-4H2,1-2H3. The van der Waals surface area contributed by atoms with Crippen LogP contribution in [0.1, 0.15) is 37.8 Å². The van der Waals surface area contributed by atoms with Gasteiger partial charge in [-0.25, -0.2) is 4.98 Å². The van der Waals surface area contributed by atoms with Gasteiger partial charge in [-0.15, -0.1) is 0 Å². The fourth-order valence-corrected chi connectivity index (χ4v) is 8.88. The van der Waals surface area contributed by atoms with Crippen LogP contribution in [0.4, 0.5) is 0 Å². The van der Waals surface area contributed by atoms with E-state index in [0.29, 0.717) is 0 Å². The van der Waals surface area contributed by atoms with Crippen molar-refractivity contribution in [2.45, 2.75) is 32.1 Å². The van der Waals surface area contributed by atoms with E-state index < -0.39 is 0 Å². The summed E-state index contributed by atoms with van der Waals surface area (Å²) in [7, 11) is 0. The molecule has 0 aliphatic heterocycles. The lowest BCUT2D eigenvalue weighted by Crippen LogP contribution is -2.23. The molecule has 0 atom stereocenters. The van der Waals surface area contributed by atoms with E-state index in [9.17, 15) is 0 Å². The Bertz CT molecular complexity index is 2770. The minimum atomic E-state index is -0.137. The van der Waals surface area contributed by atoms with Gasteiger partial charge in [0.05, 0.1) is 27.9 Å². The van der Waals surface area contributed by atoms with Crippen LogP contribution in [-0.4, -0.2) is 19.1 Å². The molecule has 0 fully saturated rings. The second-order valence-corrected chi connectivity index (χ2v) is 14.1. The van der Waals surface area contributed by atoms with Crippen molar-refractivity contribution in [3.05, 3.63) is 181 Å². The van der Waals surface area contributed by atoms with Crippen LogP contribution < -0.4 is 0 Å². The molecule has 1 aliphatic rings. The van der Waals surface area contributed by atoms with Crippen LogP contribution in [0.2, 0.25) is 0 Å². The summed E-state index contributed by atoms with van der Waals surface area (Å²) in [5.74, 6) is 0.944. The molecule has 3 heterocycles. The monoisotopic (exact) mass is 682 g/mol. The number of fused-ring (bicyclic) bond motifs is 6. The Balaban J connectivity index is 1.12. The number of hydrogen-bond donors (Lipinski definition) is 0. The maximum Gasteiger partial charge on any atom is 0.145 e. The van der Waals surface area contributed by atoms with Crippen molar-refractivity contribution >= 4 is 21.9 Å². The molecule has 0 unspecified atom stereocenters. The summed E-state index contributed by atoms with van der Waals surface area (Å²) in [6.07, 6.45) is 3.89.